The molecule has 0 radical (unpaired) electrons. The van der Waals surface area contributed by atoms with E-state index in [1.54, 1.807) is 6.92 Å². The van der Waals surface area contributed by atoms with Crippen LogP contribution in [-0.2, 0) is 14.3 Å². The molecule has 0 amide bonds. The van der Waals surface area contributed by atoms with E-state index in [2.05, 4.69) is 6.92 Å². The SMILES string of the molecule is CC(=O)CCC1C2CC3C(CC12C)OC(=O)C3C. The van der Waals surface area contributed by atoms with E-state index in [1.165, 1.54) is 0 Å². The quantitative estimate of drug-likeness (QED) is 0.723. The fraction of sp³-hybridized carbons (Fsp3) is 0.867. The largest absolute Gasteiger partial charge is 0.462 e. The molecule has 6 atom stereocenters. The van der Waals surface area contributed by atoms with Crippen molar-refractivity contribution in [2.75, 3.05) is 0 Å². The Morgan fingerprint density at radius 3 is 2.89 bits per heavy atom. The van der Waals surface area contributed by atoms with Gasteiger partial charge in [0, 0.05) is 12.3 Å². The molecule has 1 saturated heterocycles. The van der Waals surface area contributed by atoms with E-state index < -0.39 is 0 Å². The minimum atomic E-state index is -0.00446. The van der Waals surface area contributed by atoms with E-state index in [-0.39, 0.29) is 18.0 Å². The van der Waals surface area contributed by atoms with Crippen LogP contribution in [0.25, 0.3) is 0 Å². The summed E-state index contributed by atoms with van der Waals surface area (Å²) < 4.78 is 5.51. The number of fused-ring (bicyclic) bond motifs is 2. The first-order valence-electron chi connectivity index (χ1n) is 7.13. The van der Waals surface area contributed by atoms with Crippen LogP contribution in [0, 0.1) is 29.1 Å². The van der Waals surface area contributed by atoms with E-state index in [1.807, 2.05) is 6.92 Å². The Hall–Kier alpha value is -0.860. The maximum atomic E-state index is 11.6. The molecule has 3 nitrogen and oxygen atoms in total. The molecule has 3 aliphatic rings. The van der Waals surface area contributed by atoms with Crippen LogP contribution in [0.2, 0.25) is 0 Å². The van der Waals surface area contributed by atoms with Crippen molar-refractivity contribution >= 4 is 11.8 Å². The van der Waals surface area contributed by atoms with E-state index in [4.69, 9.17) is 4.74 Å². The monoisotopic (exact) mass is 250 g/mol. The summed E-state index contributed by atoms with van der Waals surface area (Å²) in [6.07, 6.45) is 4.02. The van der Waals surface area contributed by atoms with Crippen LogP contribution in [0.4, 0.5) is 0 Å². The number of ketones is 1. The van der Waals surface area contributed by atoms with Crippen LogP contribution < -0.4 is 0 Å². The van der Waals surface area contributed by atoms with Gasteiger partial charge in [-0.2, -0.15) is 0 Å². The number of carbonyl (C=O) groups is 2. The summed E-state index contributed by atoms with van der Waals surface area (Å²) in [6.45, 7) is 5.99. The summed E-state index contributed by atoms with van der Waals surface area (Å²) in [5, 5.41) is 0. The average Bonchev–Trinajstić information content (AvgIpc) is 2.77. The minimum Gasteiger partial charge on any atom is -0.462 e. The van der Waals surface area contributed by atoms with Crippen molar-refractivity contribution in [1.82, 2.24) is 0 Å². The lowest BCUT2D eigenvalue weighted by Crippen LogP contribution is -2.28. The van der Waals surface area contributed by atoms with E-state index in [0.717, 1.165) is 25.2 Å². The Kier molecular flexibility index (Phi) is 2.58. The number of hydrogen-bond acceptors (Lipinski definition) is 3. The smallest absolute Gasteiger partial charge is 0.309 e. The third-order valence-corrected chi connectivity index (χ3v) is 5.80. The van der Waals surface area contributed by atoms with Gasteiger partial charge in [0.1, 0.15) is 11.9 Å². The number of Topliss-reactive ketones (excluding diaryl/α,β-unsaturated/α-hetero) is 1. The first-order chi connectivity index (χ1) is 8.43. The lowest BCUT2D eigenvalue weighted by molar-refractivity contribution is -0.144. The standard InChI is InChI=1S/C15H22O3/c1-8(16)4-5-11-12-6-10-9(2)14(17)18-13(10)7-15(11,12)3/h9-13H,4-7H2,1-3H3. The molecule has 0 aromatic carbocycles. The number of hydrogen-bond donors (Lipinski definition) is 0. The van der Waals surface area contributed by atoms with Crippen LogP contribution in [-0.4, -0.2) is 17.9 Å². The molecule has 2 saturated carbocycles. The highest BCUT2D eigenvalue weighted by atomic mass is 16.6. The van der Waals surface area contributed by atoms with Crippen LogP contribution in [0.15, 0.2) is 0 Å². The van der Waals surface area contributed by atoms with Gasteiger partial charge >= 0.3 is 5.97 Å². The summed E-state index contributed by atoms with van der Waals surface area (Å²) in [5.74, 6) is 2.19. The topological polar surface area (TPSA) is 43.4 Å². The minimum absolute atomic E-state index is 0.00446. The second-order valence-electron chi connectivity index (χ2n) is 6.83. The highest BCUT2D eigenvalue weighted by Crippen LogP contribution is 2.70. The van der Waals surface area contributed by atoms with Crippen molar-refractivity contribution in [3.8, 4) is 0 Å². The molecule has 3 heteroatoms. The predicted octanol–water partition coefficient (Wildman–Crippen LogP) is 2.58. The van der Waals surface area contributed by atoms with Crippen molar-refractivity contribution < 1.29 is 14.3 Å². The van der Waals surface area contributed by atoms with Gasteiger partial charge in [-0.3, -0.25) is 4.79 Å². The first kappa shape index (κ1) is 12.2. The number of esters is 1. The van der Waals surface area contributed by atoms with Crippen molar-refractivity contribution in [2.45, 2.75) is 52.6 Å². The summed E-state index contributed by atoms with van der Waals surface area (Å²) >= 11 is 0. The fourth-order valence-electron chi connectivity index (χ4n) is 4.51. The summed E-state index contributed by atoms with van der Waals surface area (Å²) in [6, 6.07) is 0. The third kappa shape index (κ3) is 1.63. The van der Waals surface area contributed by atoms with Gasteiger partial charge in [-0.05, 0) is 43.4 Å². The Labute approximate surface area is 108 Å². The molecule has 3 fully saturated rings. The Morgan fingerprint density at radius 2 is 2.22 bits per heavy atom. The summed E-state index contributed by atoms with van der Waals surface area (Å²) in [7, 11) is 0. The second-order valence-corrected chi connectivity index (χ2v) is 6.83. The first-order valence-corrected chi connectivity index (χ1v) is 7.13. The van der Waals surface area contributed by atoms with Gasteiger partial charge in [-0.25, -0.2) is 0 Å². The van der Waals surface area contributed by atoms with E-state index in [9.17, 15) is 9.59 Å². The molecule has 3 rings (SSSR count). The average molecular weight is 250 g/mol. The Morgan fingerprint density at radius 1 is 1.50 bits per heavy atom. The molecule has 0 spiro atoms. The molecule has 0 aromatic heterocycles. The van der Waals surface area contributed by atoms with Crippen molar-refractivity contribution in [3.63, 3.8) is 0 Å². The van der Waals surface area contributed by atoms with Crippen molar-refractivity contribution in [2.24, 2.45) is 29.1 Å². The lowest BCUT2D eigenvalue weighted by atomic mass is 9.77. The van der Waals surface area contributed by atoms with Gasteiger partial charge in [0.05, 0.1) is 5.92 Å². The van der Waals surface area contributed by atoms with E-state index in [0.29, 0.717) is 29.5 Å². The number of carbonyl (C=O) groups excluding carboxylic acids is 2. The molecular weight excluding hydrogens is 228 g/mol. The highest BCUT2D eigenvalue weighted by molar-refractivity contribution is 5.75. The molecule has 0 bridgehead atoms. The maximum Gasteiger partial charge on any atom is 0.309 e. The third-order valence-electron chi connectivity index (χ3n) is 5.80. The number of ether oxygens (including phenoxy) is 1. The number of rotatable bonds is 3. The Balaban J connectivity index is 1.67. The van der Waals surface area contributed by atoms with Gasteiger partial charge < -0.3 is 9.53 Å². The lowest BCUT2D eigenvalue weighted by Gasteiger charge is -2.28. The summed E-state index contributed by atoms with van der Waals surface area (Å²) in [4.78, 5) is 22.7. The zero-order valence-electron chi connectivity index (χ0n) is 11.4. The highest BCUT2D eigenvalue weighted by Gasteiger charge is 2.66. The van der Waals surface area contributed by atoms with Gasteiger partial charge in [0.2, 0.25) is 0 Å². The van der Waals surface area contributed by atoms with Crippen LogP contribution in [0.1, 0.15) is 46.5 Å². The molecule has 18 heavy (non-hydrogen) atoms. The van der Waals surface area contributed by atoms with Crippen molar-refractivity contribution in [3.05, 3.63) is 0 Å². The Bertz CT molecular complexity index is 403. The maximum absolute atomic E-state index is 11.6. The van der Waals surface area contributed by atoms with Gasteiger partial charge in [0.15, 0.2) is 0 Å². The molecule has 1 heterocycles. The van der Waals surface area contributed by atoms with Crippen LogP contribution in [0.5, 0.6) is 0 Å². The molecular formula is C15H22O3. The molecule has 0 N–H and O–H groups in total. The van der Waals surface area contributed by atoms with Gasteiger partial charge in [-0.1, -0.05) is 13.8 Å². The normalized spacial score (nSPS) is 49.3. The molecule has 1 aliphatic heterocycles. The second kappa shape index (κ2) is 3.82. The van der Waals surface area contributed by atoms with Gasteiger partial charge in [0.25, 0.3) is 0 Å². The fourth-order valence-corrected chi connectivity index (χ4v) is 4.51. The van der Waals surface area contributed by atoms with Gasteiger partial charge in [-0.15, -0.1) is 0 Å². The molecule has 100 valence electrons. The summed E-state index contributed by atoms with van der Waals surface area (Å²) in [5.41, 5.74) is 0.334. The van der Waals surface area contributed by atoms with E-state index >= 15 is 0 Å². The zero-order chi connectivity index (χ0) is 13.1. The molecule has 0 aromatic rings. The van der Waals surface area contributed by atoms with Crippen molar-refractivity contribution in [1.29, 1.82) is 0 Å². The molecule has 2 aliphatic carbocycles. The van der Waals surface area contributed by atoms with Crippen LogP contribution in [0.3, 0.4) is 0 Å². The molecule has 6 unspecified atom stereocenters. The van der Waals surface area contributed by atoms with Crippen LogP contribution >= 0.6 is 0 Å². The zero-order valence-corrected chi connectivity index (χ0v) is 11.4. The predicted molar refractivity (Wildman–Crippen MR) is 66.8 cm³/mol.